The van der Waals surface area contributed by atoms with Gasteiger partial charge in [0.05, 0.1) is 22.2 Å². The number of aryl methyl sites for hydroxylation is 2. The van der Waals surface area contributed by atoms with Crippen LogP contribution < -0.4 is 16.2 Å². The molecule has 47 heavy (non-hydrogen) atoms. The van der Waals surface area contributed by atoms with Crippen molar-refractivity contribution in [1.29, 1.82) is 0 Å². The van der Waals surface area contributed by atoms with E-state index in [1.54, 1.807) is 0 Å². The molecule has 0 spiro atoms. The van der Waals surface area contributed by atoms with Gasteiger partial charge in [0.1, 0.15) is 17.9 Å². The number of rotatable bonds is 9. The summed E-state index contributed by atoms with van der Waals surface area (Å²) in [4.78, 5) is 42.6. The molecule has 2 aromatic carbocycles. The third kappa shape index (κ3) is 7.23. The molecule has 0 fully saturated rings. The molecule has 0 saturated heterocycles. The van der Waals surface area contributed by atoms with E-state index in [1.807, 2.05) is 0 Å². The number of carbonyl (C=O) groups is 2. The van der Waals surface area contributed by atoms with Crippen molar-refractivity contribution in [3.8, 4) is 11.1 Å². The summed E-state index contributed by atoms with van der Waals surface area (Å²) in [7, 11) is 1.32. The molecule has 0 bridgehead atoms. The number of hydrogen-bond donors (Lipinski definition) is 3. The average Bonchev–Trinajstić information content (AvgIpc) is 2.97. The summed E-state index contributed by atoms with van der Waals surface area (Å²) in [5.41, 5.74) is -3.48. The number of nitrogens with one attached hydrogen (secondary N) is 2. The van der Waals surface area contributed by atoms with Crippen LogP contribution in [0.25, 0.3) is 22.0 Å². The largest absolute Gasteiger partial charge is 0.480 e. The molecule has 1 amide bonds. The zero-order valence-corrected chi connectivity index (χ0v) is 25.4. The number of carboxylic acids is 1. The Bertz CT molecular complexity index is 1900. The van der Waals surface area contributed by atoms with E-state index in [0.717, 1.165) is 16.7 Å². The molecular weight excluding hydrogens is 637 g/mol. The zero-order chi connectivity index (χ0) is 35.0. The fourth-order valence-corrected chi connectivity index (χ4v) is 5.30. The Balaban J connectivity index is 1.70. The van der Waals surface area contributed by atoms with Crippen LogP contribution in [0.4, 0.5) is 36.4 Å². The van der Waals surface area contributed by atoms with E-state index in [4.69, 9.17) is 0 Å². The van der Waals surface area contributed by atoms with Crippen LogP contribution in [0.15, 0.2) is 53.5 Å². The highest BCUT2D eigenvalue weighted by molar-refractivity contribution is 5.99. The van der Waals surface area contributed by atoms with Crippen LogP contribution in [0.2, 0.25) is 0 Å². The highest BCUT2D eigenvalue weighted by Crippen LogP contribution is 2.38. The summed E-state index contributed by atoms with van der Waals surface area (Å²) in [5.74, 6) is -3.87. The average molecular weight is 667 g/mol. The van der Waals surface area contributed by atoms with Crippen molar-refractivity contribution >= 4 is 28.5 Å². The minimum Gasteiger partial charge on any atom is -0.480 e. The van der Waals surface area contributed by atoms with Crippen LogP contribution in [-0.4, -0.2) is 44.8 Å². The lowest BCUT2D eigenvalue weighted by Crippen LogP contribution is -2.43. The van der Waals surface area contributed by atoms with Gasteiger partial charge in [-0.1, -0.05) is 25.1 Å². The number of aromatic nitrogens is 2. The zero-order valence-electron chi connectivity index (χ0n) is 25.4. The molecule has 3 N–H and O–H groups in total. The first kappa shape index (κ1) is 34.9. The number of alkyl halides is 6. The Hall–Kier alpha value is -4.95. The molecule has 250 valence electrons. The predicted molar refractivity (Wildman–Crippen MR) is 160 cm³/mol. The van der Waals surface area contributed by atoms with Crippen molar-refractivity contribution < 1.29 is 45.4 Å². The lowest BCUT2D eigenvalue weighted by atomic mass is 9.93. The third-order valence-corrected chi connectivity index (χ3v) is 7.79. The van der Waals surface area contributed by atoms with Crippen LogP contribution in [-0.2, 0) is 24.4 Å². The molecule has 0 aliphatic heterocycles. The summed E-state index contributed by atoms with van der Waals surface area (Å²) < 4.78 is 97.9. The summed E-state index contributed by atoms with van der Waals surface area (Å²) in [6.45, 7) is 3.92. The number of fused-ring (bicyclic) bond motifs is 1. The topological polar surface area (TPSA) is 113 Å². The van der Waals surface area contributed by atoms with E-state index in [2.05, 4.69) is 15.6 Å². The van der Waals surface area contributed by atoms with Crippen LogP contribution in [0.3, 0.4) is 0 Å². The molecule has 2 heterocycles. The SMILES string of the molecule is CCC(Nc1cc(C)c(C(=O)NC(Cc2ccc(-c3c(C(F)(F)F)cc(C)n(C)c3=O)c3ncccc23)C(=O)O)c(F)c1)C(F)(F)F. The Morgan fingerprint density at radius 3 is 2.30 bits per heavy atom. The van der Waals surface area contributed by atoms with Gasteiger partial charge in [-0.2, -0.15) is 26.3 Å². The number of carboxylic acid groups (broad SMARTS) is 1. The van der Waals surface area contributed by atoms with Crippen molar-refractivity contribution in [1.82, 2.24) is 14.9 Å². The number of halogens is 7. The van der Waals surface area contributed by atoms with E-state index >= 15 is 4.39 Å². The second kappa shape index (κ2) is 13.0. The first-order chi connectivity index (χ1) is 21.8. The minimum absolute atomic E-state index is 0.0267. The maximum Gasteiger partial charge on any atom is 0.417 e. The Morgan fingerprint density at radius 2 is 1.72 bits per heavy atom. The van der Waals surface area contributed by atoms with Gasteiger partial charge in [0.15, 0.2) is 0 Å². The minimum atomic E-state index is -4.89. The van der Waals surface area contributed by atoms with Crippen molar-refractivity contribution in [2.45, 2.75) is 58.0 Å². The van der Waals surface area contributed by atoms with Gasteiger partial charge < -0.3 is 20.3 Å². The lowest BCUT2D eigenvalue weighted by molar-refractivity contribution is -0.143. The second-order valence-electron chi connectivity index (χ2n) is 11.0. The number of carbonyl (C=O) groups excluding carboxylic acids is 1. The first-order valence-electron chi connectivity index (χ1n) is 14.2. The molecule has 0 aliphatic carbocycles. The van der Waals surface area contributed by atoms with E-state index in [-0.39, 0.29) is 45.4 Å². The van der Waals surface area contributed by atoms with E-state index in [9.17, 15) is 45.8 Å². The van der Waals surface area contributed by atoms with Gasteiger partial charge in [-0.05, 0) is 55.7 Å². The smallest absolute Gasteiger partial charge is 0.417 e. The van der Waals surface area contributed by atoms with Crippen LogP contribution in [0.5, 0.6) is 0 Å². The van der Waals surface area contributed by atoms with Crippen molar-refractivity contribution in [3.63, 3.8) is 0 Å². The fourth-order valence-electron chi connectivity index (χ4n) is 5.30. The fraction of sp³-hybridized carbons (Fsp3) is 0.312. The maximum absolute atomic E-state index is 15.1. The molecule has 15 heteroatoms. The number of pyridine rings is 2. The van der Waals surface area contributed by atoms with Gasteiger partial charge in [-0.25, -0.2) is 9.18 Å². The quantitative estimate of drug-likeness (QED) is 0.175. The highest BCUT2D eigenvalue weighted by Gasteiger charge is 2.39. The number of benzene rings is 2. The molecule has 2 atom stereocenters. The number of hydrogen-bond acceptors (Lipinski definition) is 5. The molecule has 2 unspecified atom stereocenters. The molecule has 4 aromatic rings. The molecular formula is C32H29F7N4O4. The van der Waals surface area contributed by atoms with Crippen LogP contribution in [0, 0.1) is 19.7 Å². The summed E-state index contributed by atoms with van der Waals surface area (Å²) in [5, 5.41) is 14.5. The van der Waals surface area contributed by atoms with Crippen molar-refractivity contribution in [2.75, 3.05) is 5.32 Å². The van der Waals surface area contributed by atoms with E-state index < -0.39 is 70.8 Å². The van der Waals surface area contributed by atoms with Crippen molar-refractivity contribution in [3.05, 3.63) is 92.8 Å². The Labute approximate surface area is 263 Å². The van der Waals surface area contributed by atoms with E-state index in [0.29, 0.717) is 6.07 Å². The van der Waals surface area contributed by atoms with Gasteiger partial charge >= 0.3 is 18.3 Å². The maximum atomic E-state index is 15.1. The molecule has 0 aliphatic rings. The van der Waals surface area contributed by atoms with Gasteiger partial charge in [-0.15, -0.1) is 0 Å². The third-order valence-electron chi connectivity index (χ3n) is 7.79. The summed E-state index contributed by atoms with van der Waals surface area (Å²) in [6, 6.07) is 4.48. The summed E-state index contributed by atoms with van der Waals surface area (Å²) >= 11 is 0. The van der Waals surface area contributed by atoms with Crippen LogP contribution >= 0.6 is 0 Å². The molecule has 2 aromatic heterocycles. The van der Waals surface area contributed by atoms with Crippen molar-refractivity contribution in [2.24, 2.45) is 7.05 Å². The lowest BCUT2D eigenvalue weighted by Gasteiger charge is -2.22. The Morgan fingerprint density at radius 1 is 1.04 bits per heavy atom. The number of aliphatic carboxylic acids is 1. The standard InChI is InChI=1S/C32H29F7N4O4/c1-5-24(32(37,38)39)41-18-11-15(2)25(22(33)14-18)28(44)42-23(30(46)47)13-17-8-9-20(27-19(17)7-6-10-40-27)26-21(31(34,35)36)12-16(3)43(4)29(26)45/h6-12,14,23-24,41H,5,13H2,1-4H3,(H,42,44)(H,46,47). The number of amides is 1. The van der Waals surface area contributed by atoms with Crippen LogP contribution in [0.1, 0.15) is 46.1 Å². The van der Waals surface area contributed by atoms with Gasteiger partial charge in [-0.3, -0.25) is 14.6 Å². The van der Waals surface area contributed by atoms with Gasteiger partial charge in [0.25, 0.3) is 11.5 Å². The number of nitrogens with zero attached hydrogens (tertiary/aromatic N) is 2. The molecule has 4 rings (SSSR count). The predicted octanol–water partition coefficient (Wildman–Crippen LogP) is 6.55. The Kier molecular flexibility index (Phi) is 9.69. The second-order valence-corrected chi connectivity index (χ2v) is 11.0. The monoisotopic (exact) mass is 666 g/mol. The normalized spacial score (nSPS) is 13.3. The molecule has 0 saturated carbocycles. The first-order valence-corrected chi connectivity index (χ1v) is 14.2. The molecule has 8 nitrogen and oxygen atoms in total. The number of anilines is 1. The summed E-state index contributed by atoms with van der Waals surface area (Å²) in [6.07, 6.45) is -8.98. The molecule has 0 radical (unpaired) electrons. The highest BCUT2D eigenvalue weighted by atomic mass is 19.4. The van der Waals surface area contributed by atoms with Gasteiger partial charge in [0.2, 0.25) is 0 Å². The van der Waals surface area contributed by atoms with E-state index in [1.165, 1.54) is 58.3 Å². The van der Waals surface area contributed by atoms with Gasteiger partial charge in [0, 0.05) is 42.0 Å².